The fourth-order valence-corrected chi connectivity index (χ4v) is 10.4. The van der Waals surface area contributed by atoms with E-state index in [0.29, 0.717) is 71.4 Å². The van der Waals surface area contributed by atoms with Gasteiger partial charge in [0.25, 0.3) is 0 Å². The molecule has 6 aromatic rings. The van der Waals surface area contributed by atoms with E-state index >= 15 is 0 Å². The van der Waals surface area contributed by atoms with Gasteiger partial charge in [-0.05, 0) is 78.6 Å². The van der Waals surface area contributed by atoms with Gasteiger partial charge in [0, 0.05) is 59.0 Å². The molecule has 20 nitrogen and oxygen atoms in total. The molecule has 0 bridgehead atoms. The molecule has 4 heterocycles. The zero-order chi connectivity index (χ0) is 62.3. The van der Waals surface area contributed by atoms with Crippen LogP contribution in [0.1, 0.15) is 93.9 Å². The number of likely N-dealkylation sites (tertiary alicyclic amines) is 2. The molecule has 6 atom stereocenters. The number of esters is 2. The van der Waals surface area contributed by atoms with Crippen LogP contribution in [-0.2, 0) is 33.4 Å². The maximum atomic E-state index is 13.5. The van der Waals surface area contributed by atoms with Gasteiger partial charge in [-0.1, -0.05) is 99.6 Å². The van der Waals surface area contributed by atoms with Gasteiger partial charge >= 0.3 is 24.1 Å². The minimum absolute atomic E-state index is 0.210. The zero-order valence-corrected chi connectivity index (χ0v) is 52.3. The number of carbonyl (C=O) groups excluding carboxylic acids is 4. The van der Waals surface area contributed by atoms with Crippen LogP contribution in [0.5, 0.6) is 23.0 Å². The highest BCUT2D eigenvalue weighted by Gasteiger charge is 2.44. The molecule has 0 radical (unpaired) electrons. The number of thiocarbonyl (C=S) groups is 1. The van der Waals surface area contributed by atoms with Crippen LogP contribution in [0.2, 0.25) is 0 Å². The average molecular weight is 1200 g/mol. The Morgan fingerprint density at radius 1 is 0.616 bits per heavy atom. The Labute approximate surface area is 509 Å². The van der Waals surface area contributed by atoms with Crippen molar-refractivity contribution < 1.29 is 61.9 Å². The van der Waals surface area contributed by atoms with Crippen LogP contribution in [0.3, 0.4) is 0 Å². The van der Waals surface area contributed by atoms with E-state index < -0.39 is 71.7 Å². The van der Waals surface area contributed by atoms with E-state index in [-0.39, 0.29) is 13.1 Å². The van der Waals surface area contributed by atoms with Crippen LogP contribution in [0, 0.1) is 0 Å². The number of amides is 2. The zero-order valence-electron chi connectivity index (χ0n) is 51.5. The van der Waals surface area contributed by atoms with Crippen LogP contribution >= 0.6 is 12.2 Å². The quantitative estimate of drug-likeness (QED) is 0.0192. The molecular weight excluding hydrogens is 1120 g/mol. The number of rotatable bonds is 19. The molecule has 21 heteroatoms. The summed E-state index contributed by atoms with van der Waals surface area (Å²) >= 11 is 5.77. The second-order valence-electron chi connectivity index (χ2n) is 22.8. The molecule has 0 unspecified atom stereocenters. The van der Waals surface area contributed by atoms with Crippen LogP contribution in [0.15, 0.2) is 114 Å². The molecular formula is C65H81N7O13S. The van der Waals surface area contributed by atoms with Gasteiger partial charge in [0.1, 0.15) is 64.3 Å². The fraction of sp³-hybridized carbons (Fsp3) is 0.446. The lowest BCUT2D eigenvalue weighted by Crippen LogP contribution is -2.51. The number of nitrogens with zero attached hydrogens (tertiary/aromatic N) is 5. The third-order valence-electron chi connectivity index (χ3n) is 14.0. The molecule has 0 aliphatic carbocycles. The summed E-state index contributed by atoms with van der Waals surface area (Å²) in [7, 11) is 7.36. The van der Waals surface area contributed by atoms with Gasteiger partial charge in [0.2, 0.25) is 0 Å². The van der Waals surface area contributed by atoms with Crippen molar-refractivity contribution in [3.05, 3.63) is 109 Å². The topological polar surface area (TPSA) is 220 Å². The highest BCUT2D eigenvalue weighted by molar-refractivity contribution is 7.80. The molecule has 2 aromatic heterocycles. The van der Waals surface area contributed by atoms with E-state index in [0.717, 1.165) is 45.2 Å². The Hall–Kier alpha value is -8.30. The Kier molecular flexibility index (Phi) is 22.5. The van der Waals surface area contributed by atoms with Gasteiger partial charge < -0.3 is 43.2 Å². The smallest absolute Gasteiger partial charge is 0.411 e. The standard InChI is InChI=1S/C33H42N4O7.C32H39N3O6S/c1-8-12-25(31(38)41-6)35-30(36-42-7)28-18-23(20-37(28)32(39)44-33(2,3)4)43-29-19-26(21-13-10-9-11-14-21)34-27-17-22(40-5)15-16-24(27)29;1-7-11-24(30(36)39-6)34-29(42)27-17-22(19-35(27)31(37)41-32(2,3)4)40-28-18-25(20-12-9-8-10-13-20)33-26-16-21(38-5)14-15-23(26)28/h9-11,13-17,19,23,25,28H,8,12,18,20H2,1-7H3,(H,35,36);8-10,12-16,18,22,24,27H,7,11,17,19H2,1-6H3,(H,34,42)/t23-,25+,28+;22-,24+,27+/m11/s1. The Morgan fingerprint density at radius 2 is 1.07 bits per heavy atom. The number of carbonyl (C=O) groups is 4. The van der Waals surface area contributed by atoms with Crippen molar-refractivity contribution in [3.8, 4) is 45.5 Å². The van der Waals surface area contributed by atoms with Crippen LogP contribution < -0.4 is 29.7 Å². The van der Waals surface area contributed by atoms with E-state index in [1.54, 1.807) is 24.0 Å². The number of fused-ring (bicyclic) bond motifs is 2. The molecule has 2 amide bonds. The third kappa shape index (κ3) is 17.2. The van der Waals surface area contributed by atoms with Gasteiger partial charge in [-0.2, -0.15) is 0 Å². The van der Waals surface area contributed by atoms with Gasteiger partial charge in [-0.3, -0.25) is 25.1 Å². The molecule has 2 saturated heterocycles. The van der Waals surface area contributed by atoms with Gasteiger partial charge in [-0.25, -0.2) is 29.1 Å². The van der Waals surface area contributed by atoms with E-state index in [9.17, 15) is 19.2 Å². The van der Waals surface area contributed by atoms with Gasteiger partial charge in [0.05, 0.1) is 88.1 Å². The SMILES string of the molecule is CCC[C@H](N=C(NOC)[C@@H]1C[C@@H](Oc2cc(-c3ccccc3)nc3cc(OC)ccc23)CN1C(=O)OC(C)(C)C)C(=O)OC.CCC[C@H](NC(=S)[C@@H]1C[C@@H](Oc2cc(-c3ccccc3)nc3cc(OC)ccc23)CN1C(=O)OC(C)(C)C)C(=O)OC. The molecule has 0 saturated carbocycles. The van der Waals surface area contributed by atoms with E-state index in [1.807, 2.05) is 165 Å². The number of pyridine rings is 2. The number of nitrogens with one attached hydrogen (secondary N) is 2. The minimum Gasteiger partial charge on any atom is -0.497 e. The normalized spacial score (nSPS) is 17.6. The number of methoxy groups -OCH3 is 4. The molecule has 2 aliphatic rings. The summed E-state index contributed by atoms with van der Waals surface area (Å²) in [5, 5.41) is 4.76. The fourth-order valence-electron chi connectivity index (χ4n) is 10.0. The summed E-state index contributed by atoms with van der Waals surface area (Å²) in [6.45, 7) is 15.3. The first-order valence-electron chi connectivity index (χ1n) is 28.8. The van der Waals surface area contributed by atoms with Crippen molar-refractivity contribution in [1.82, 2.24) is 30.6 Å². The van der Waals surface area contributed by atoms with Crippen molar-refractivity contribution >= 4 is 69.0 Å². The predicted molar refractivity (Wildman–Crippen MR) is 334 cm³/mol. The third-order valence-corrected chi connectivity index (χ3v) is 14.4. The number of aliphatic imine (C=N–C) groups is 1. The molecule has 2 N–H and O–H groups in total. The van der Waals surface area contributed by atoms with E-state index in [2.05, 4.69) is 15.8 Å². The summed E-state index contributed by atoms with van der Waals surface area (Å²) in [5.41, 5.74) is 6.19. The Balaban J connectivity index is 0.000000246. The molecule has 86 heavy (non-hydrogen) atoms. The van der Waals surface area contributed by atoms with Crippen molar-refractivity contribution in [2.75, 3.05) is 48.6 Å². The first-order chi connectivity index (χ1) is 41.1. The summed E-state index contributed by atoms with van der Waals surface area (Å²) in [4.78, 5) is 75.0. The first kappa shape index (κ1) is 65.2. The predicted octanol–water partition coefficient (Wildman–Crippen LogP) is 11.5. The van der Waals surface area contributed by atoms with Crippen molar-refractivity contribution in [2.45, 2.75) is 141 Å². The minimum atomic E-state index is -0.768. The second-order valence-corrected chi connectivity index (χ2v) is 23.2. The Bertz CT molecular complexity index is 3340. The van der Waals surface area contributed by atoms with Crippen molar-refractivity contribution in [1.29, 1.82) is 0 Å². The van der Waals surface area contributed by atoms with Crippen molar-refractivity contribution in [3.63, 3.8) is 0 Å². The monoisotopic (exact) mass is 1200 g/mol. The molecule has 4 aromatic carbocycles. The number of ether oxygens (including phenoxy) is 8. The lowest BCUT2D eigenvalue weighted by molar-refractivity contribution is -0.143. The van der Waals surface area contributed by atoms with Gasteiger partial charge in [-0.15, -0.1) is 0 Å². The number of hydrogen-bond acceptors (Lipinski definition) is 17. The van der Waals surface area contributed by atoms with Crippen LogP contribution in [-0.4, -0.2) is 151 Å². The van der Waals surface area contributed by atoms with Crippen LogP contribution in [0.25, 0.3) is 44.3 Å². The maximum absolute atomic E-state index is 13.5. The number of amidine groups is 1. The highest BCUT2D eigenvalue weighted by Crippen LogP contribution is 2.37. The lowest BCUT2D eigenvalue weighted by Gasteiger charge is -2.30. The first-order valence-corrected chi connectivity index (χ1v) is 29.2. The molecule has 8 rings (SSSR count). The second kappa shape index (κ2) is 29.7. The average Bonchev–Trinajstić information content (AvgIpc) is 1.47. The molecule has 2 aliphatic heterocycles. The lowest BCUT2D eigenvalue weighted by atomic mass is 10.1. The largest absolute Gasteiger partial charge is 0.497 e. The highest BCUT2D eigenvalue weighted by atomic mass is 32.1. The summed E-state index contributed by atoms with van der Waals surface area (Å²) in [6.07, 6.45) is 1.36. The molecule has 460 valence electrons. The number of benzene rings is 4. The molecule has 2 fully saturated rings. The Morgan fingerprint density at radius 3 is 1.49 bits per heavy atom. The maximum Gasteiger partial charge on any atom is 0.411 e. The van der Waals surface area contributed by atoms with E-state index in [1.165, 1.54) is 21.3 Å². The molecule has 0 spiro atoms. The number of hydroxylamine groups is 1. The summed E-state index contributed by atoms with van der Waals surface area (Å²) < 4.78 is 45.6. The van der Waals surface area contributed by atoms with E-state index in [4.69, 9.17) is 64.9 Å². The summed E-state index contributed by atoms with van der Waals surface area (Å²) in [5.74, 6) is 2.05. The summed E-state index contributed by atoms with van der Waals surface area (Å²) in [6, 6.07) is 32.3. The van der Waals surface area contributed by atoms with Crippen molar-refractivity contribution in [2.24, 2.45) is 4.99 Å². The number of aromatic nitrogens is 2. The van der Waals surface area contributed by atoms with Crippen LogP contribution in [0.4, 0.5) is 9.59 Å². The number of hydrogen-bond donors (Lipinski definition) is 2. The van der Waals surface area contributed by atoms with Gasteiger partial charge in [0.15, 0.2) is 0 Å².